The summed E-state index contributed by atoms with van der Waals surface area (Å²) in [5.74, 6) is 0.698. The van der Waals surface area contributed by atoms with Crippen LogP contribution in [0.3, 0.4) is 0 Å². The molecule has 0 saturated heterocycles. The minimum Gasteiger partial charge on any atom is -0.309 e. The van der Waals surface area contributed by atoms with Gasteiger partial charge < -0.3 is 4.57 Å². The zero-order chi connectivity index (χ0) is 32.6. The summed E-state index contributed by atoms with van der Waals surface area (Å²) in [4.78, 5) is 10.3. The minimum atomic E-state index is 0.698. The molecular formula is C46H31N3. The van der Waals surface area contributed by atoms with Crippen molar-refractivity contribution in [1.29, 1.82) is 0 Å². The van der Waals surface area contributed by atoms with Crippen molar-refractivity contribution in [3.05, 3.63) is 188 Å². The van der Waals surface area contributed by atoms with Crippen molar-refractivity contribution in [1.82, 2.24) is 14.5 Å². The molecule has 0 fully saturated rings. The van der Waals surface area contributed by atoms with Crippen LogP contribution in [0.4, 0.5) is 0 Å². The molecule has 0 bridgehead atoms. The normalized spacial score (nSPS) is 11.3. The maximum absolute atomic E-state index is 5.21. The van der Waals surface area contributed by atoms with Gasteiger partial charge in [0.2, 0.25) is 0 Å². The Morgan fingerprint density at radius 3 is 1.57 bits per heavy atom. The number of fused-ring (bicyclic) bond motifs is 3. The second-order valence-corrected chi connectivity index (χ2v) is 12.3. The highest BCUT2D eigenvalue weighted by Gasteiger charge is 2.16. The lowest BCUT2D eigenvalue weighted by molar-refractivity contribution is 1.16. The second kappa shape index (κ2) is 12.2. The Labute approximate surface area is 285 Å². The van der Waals surface area contributed by atoms with Gasteiger partial charge in [0.1, 0.15) is 0 Å². The predicted octanol–water partition coefficient (Wildman–Crippen LogP) is 11.9. The van der Waals surface area contributed by atoms with Gasteiger partial charge in [0, 0.05) is 33.2 Å². The number of para-hydroxylation sites is 1. The standard InChI is InChI=1S/C46H31N3/c1-4-14-32(15-5-1)35-20-12-22-38(28-35)46-47-42(34-18-8-3-9-19-34)31-43(48-46)37-21-13-23-39(29-37)49-44-25-11-10-24-40(44)41-27-26-36(30-45(41)49)33-16-6-2-7-17-33/h1-31H. The molecule has 0 atom stereocenters. The first-order chi connectivity index (χ1) is 24.3. The van der Waals surface area contributed by atoms with E-state index in [1.165, 1.54) is 32.9 Å². The lowest BCUT2D eigenvalue weighted by atomic mass is 10.0. The molecule has 230 valence electrons. The predicted molar refractivity (Wildman–Crippen MR) is 204 cm³/mol. The number of hydrogen-bond donors (Lipinski definition) is 0. The van der Waals surface area contributed by atoms with Crippen LogP contribution >= 0.6 is 0 Å². The summed E-state index contributed by atoms with van der Waals surface area (Å²) in [6, 6.07) is 66.2. The van der Waals surface area contributed by atoms with E-state index in [1.54, 1.807) is 0 Å². The van der Waals surface area contributed by atoms with Crippen LogP contribution in [0.25, 0.3) is 83.6 Å². The van der Waals surface area contributed by atoms with E-state index < -0.39 is 0 Å². The average molecular weight is 626 g/mol. The lowest BCUT2D eigenvalue weighted by Gasteiger charge is -2.13. The van der Waals surface area contributed by atoms with E-state index in [-0.39, 0.29) is 0 Å². The monoisotopic (exact) mass is 625 g/mol. The van der Waals surface area contributed by atoms with Crippen LogP contribution in [0.5, 0.6) is 0 Å². The molecule has 2 heterocycles. The maximum atomic E-state index is 5.21. The van der Waals surface area contributed by atoms with Gasteiger partial charge in [-0.1, -0.05) is 152 Å². The fourth-order valence-electron chi connectivity index (χ4n) is 6.81. The number of nitrogens with zero attached hydrogens (tertiary/aromatic N) is 3. The number of hydrogen-bond acceptors (Lipinski definition) is 2. The van der Waals surface area contributed by atoms with E-state index >= 15 is 0 Å². The summed E-state index contributed by atoms with van der Waals surface area (Å²) >= 11 is 0. The Kier molecular flexibility index (Phi) is 7.14. The van der Waals surface area contributed by atoms with Crippen LogP contribution in [-0.4, -0.2) is 14.5 Å². The fraction of sp³-hybridized carbons (Fsp3) is 0. The van der Waals surface area contributed by atoms with Crippen LogP contribution in [-0.2, 0) is 0 Å². The van der Waals surface area contributed by atoms with E-state index in [0.29, 0.717) is 5.82 Å². The van der Waals surface area contributed by atoms with Crippen molar-refractivity contribution in [3.8, 4) is 61.8 Å². The molecule has 0 saturated carbocycles. The molecule has 3 heteroatoms. The molecule has 9 aromatic rings. The van der Waals surface area contributed by atoms with Gasteiger partial charge in [0.05, 0.1) is 22.4 Å². The van der Waals surface area contributed by atoms with E-state index in [2.05, 4.69) is 180 Å². The van der Waals surface area contributed by atoms with Crippen LogP contribution in [0.1, 0.15) is 0 Å². The molecule has 0 aliphatic heterocycles. The van der Waals surface area contributed by atoms with E-state index in [9.17, 15) is 0 Å². The number of aromatic nitrogens is 3. The topological polar surface area (TPSA) is 30.7 Å². The summed E-state index contributed by atoms with van der Waals surface area (Å²) in [6.45, 7) is 0. The molecule has 0 unspecified atom stereocenters. The SMILES string of the molecule is c1ccc(-c2cccc(-c3nc(-c4ccccc4)cc(-c4cccc(-n5c6ccccc6c6ccc(-c7ccccc7)cc65)c4)n3)c2)cc1. The first-order valence-electron chi connectivity index (χ1n) is 16.6. The Morgan fingerprint density at radius 1 is 0.306 bits per heavy atom. The molecule has 7 aromatic carbocycles. The van der Waals surface area contributed by atoms with Gasteiger partial charge in [-0.3, -0.25) is 0 Å². The van der Waals surface area contributed by atoms with E-state index in [1.807, 2.05) is 12.1 Å². The fourth-order valence-corrected chi connectivity index (χ4v) is 6.81. The molecule has 0 aliphatic rings. The molecule has 0 spiro atoms. The molecule has 0 amide bonds. The Balaban J connectivity index is 1.22. The molecule has 2 aromatic heterocycles. The van der Waals surface area contributed by atoms with Crippen molar-refractivity contribution in [2.75, 3.05) is 0 Å². The number of rotatable bonds is 6. The smallest absolute Gasteiger partial charge is 0.160 e. The van der Waals surface area contributed by atoms with Crippen molar-refractivity contribution >= 4 is 21.8 Å². The van der Waals surface area contributed by atoms with Crippen LogP contribution < -0.4 is 0 Å². The van der Waals surface area contributed by atoms with Gasteiger partial charge in [-0.15, -0.1) is 0 Å². The molecule has 0 radical (unpaired) electrons. The van der Waals surface area contributed by atoms with E-state index in [0.717, 1.165) is 44.9 Å². The third-order valence-electron chi connectivity index (χ3n) is 9.20. The van der Waals surface area contributed by atoms with Gasteiger partial charge in [-0.2, -0.15) is 0 Å². The van der Waals surface area contributed by atoms with Crippen molar-refractivity contribution in [2.45, 2.75) is 0 Å². The Bertz CT molecular complexity index is 2590. The third kappa shape index (κ3) is 5.38. The third-order valence-corrected chi connectivity index (χ3v) is 9.20. The first-order valence-corrected chi connectivity index (χ1v) is 16.6. The zero-order valence-electron chi connectivity index (χ0n) is 26.7. The van der Waals surface area contributed by atoms with E-state index in [4.69, 9.17) is 9.97 Å². The van der Waals surface area contributed by atoms with Gasteiger partial charge in [0.25, 0.3) is 0 Å². The Hall–Kier alpha value is -6.58. The molecule has 3 nitrogen and oxygen atoms in total. The molecule has 9 rings (SSSR count). The van der Waals surface area contributed by atoms with Crippen molar-refractivity contribution < 1.29 is 0 Å². The zero-order valence-corrected chi connectivity index (χ0v) is 26.7. The molecular weight excluding hydrogens is 595 g/mol. The summed E-state index contributed by atoms with van der Waals surface area (Å²) in [5.41, 5.74) is 13.0. The van der Waals surface area contributed by atoms with Crippen LogP contribution in [0, 0.1) is 0 Å². The van der Waals surface area contributed by atoms with Gasteiger partial charge in [0.15, 0.2) is 5.82 Å². The highest BCUT2D eigenvalue weighted by atomic mass is 15.0. The van der Waals surface area contributed by atoms with Crippen LogP contribution in [0.15, 0.2) is 188 Å². The highest BCUT2D eigenvalue weighted by Crippen LogP contribution is 2.36. The van der Waals surface area contributed by atoms with Gasteiger partial charge >= 0.3 is 0 Å². The molecule has 0 N–H and O–H groups in total. The lowest BCUT2D eigenvalue weighted by Crippen LogP contribution is -1.98. The van der Waals surface area contributed by atoms with Crippen molar-refractivity contribution in [3.63, 3.8) is 0 Å². The van der Waals surface area contributed by atoms with Gasteiger partial charge in [-0.25, -0.2) is 9.97 Å². The second-order valence-electron chi connectivity index (χ2n) is 12.3. The summed E-state index contributed by atoms with van der Waals surface area (Å²) in [7, 11) is 0. The minimum absolute atomic E-state index is 0.698. The highest BCUT2D eigenvalue weighted by molar-refractivity contribution is 6.10. The van der Waals surface area contributed by atoms with Crippen molar-refractivity contribution in [2.24, 2.45) is 0 Å². The summed E-state index contributed by atoms with van der Waals surface area (Å²) in [5, 5.41) is 2.46. The summed E-state index contributed by atoms with van der Waals surface area (Å²) < 4.78 is 2.38. The first kappa shape index (κ1) is 28.6. The Morgan fingerprint density at radius 2 is 0.837 bits per heavy atom. The quantitative estimate of drug-likeness (QED) is 0.184. The van der Waals surface area contributed by atoms with Gasteiger partial charge in [-0.05, 0) is 58.7 Å². The average Bonchev–Trinajstić information content (AvgIpc) is 3.52. The maximum Gasteiger partial charge on any atom is 0.160 e. The van der Waals surface area contributed by atoms with Crippen LogP contribution in [0.2, 0.25) is 0 Å². The number of benzene rings is 7. The molecule has 0 aliphatic carbocycles. The summed E-state index contributed by atoms with van der Waals surface area (Å²) in [6.07, 6.45) is 0. The largest absolute Gasteiger partial charge is 0.309 e. The molecule has 49 heavy (non-hydrogen) atoms.